The first-order valence-electron chi connectivity index (χ1n) is 4.55. The summed E-state index contributed by atoms with van der Waals surface area (Å²) in [7, 11) is 0. The van der Waals surface area contributed by atoms with Crippen molar-refractivity contribution in [1.29, 1.82) is 0 Å². The molecule has 0 aromatic rings. The molecule has 15 heavy (non-hydrogen) atoms. The zero-order valence-electron chi connectivity index (χ0n) is 8.20. The van der Waals surface area contributed by atoms with Crippen LogP contribution in [0.4, 0.5) is 0 Å². The summed E-state index contributed by atoms with van der Waals surface area (Å²) in [5.41, 5.74) is 0. The fourth-order valence-corrected chi connectivity index (χ4v) is 1.49. The molecule has 1 amide bonds. The molecule has 1 heterocycles. The number of ether oxygens (including phenoxy) is 1. The van der Waals surface area contributed by atoms with Crippen LogP contribution in [-0.2, 0) is 9.53 Å². The van der Waals surface area contributed by atoms with Crippen LogP contribution >= 0.6 is 0 Å². The van der Waals surface area contributed by atoms with Gasteiger partial charge in [-0.05, 0) is 0 Å². The molecule has 7 heteroatoms. The molecule has 0 aliphatic carbocycles. The Kier molecular flexibility index (Phi) is 4.00. The van der Waals surface area contributed by atoms with Crippen molar-refractivity contribution in [3.63, 3.8) is 0 Å². The first kappa shape index (κ1) is 12.3. The lowest BCUT2D eigenvalue weighted by molar-refractivity contribution is -0.253. The van der Waals surface area contributed by atoms with Gasteiger partial charge in [0.2, 0.25) is 5.91 Å². The third-order valence-electron chi connectivity index (χ3n) is 2.27. The van der Waals surface area contributed by atoms with E-state index < -0.39 is 43.2 Å². The highest BCUT2D eigenvalue weighted by molar-refractivity contribution is 5.73. The number of amides is 1. The average molecular weight is 221 g/mol. The first-order chi connectivity index (χ1) is 6.97. The van der Waals surface area contributed by atoms with E-state index in [-0.39, 0.29) is 0 Å². The minimum atomic E-state index is -1.45. The molecule has 0 radical (unpaired) electrons. The van der Waals surface area contributed by atoms with Crippen LogP contribution in [0.15, 0.2) is 0 Å². The van der Waals surface area contributed by atoms with Gasteiger partial charge in [-0.25, -0.2) is 0 Å². The lowest BCUT2D eigenvalue weighted by Gasteiger charge is -2.40. The average Bonchev–Trinajstić information content (AvgIpc) is 2.18. The van der Waals surface area contributed by atoms with Gasteiger partial charge in [-0.3, -0.25) is 4.79 Å². The van der Waals surface area contributed by atoms with E-state index in [0.29, 0.717) is 0 Å². The Morgan fingerprint density at radius 1 is 1.33 bits per heavy atom. The molecule has 1 unspecified atom stereocenters. The molecule has 0 spiro atoms. The van der Waals surface area contributed by atoms with Crippen LogP contribution in [0.2, 0.25) is 0 Å². The fourth-order valence-electron chi connectivity index (χ4n) is 1.49. The van der Waals surface area contributed by atoms with Crippen molar-refractivity contribution >= 4 is 5.91 Å². The van der Waals surface area contributed by atoms with E-state index in [0.717, 1.165) is 0 Å². The zero-order valence-corrected chi connectivity index (χ0v) is 8.20. The van der Waals surface area contributed by atoms with Crippen LogP contribution in [0.25, 0.3) is 0 Å². The maximum Gasteiger partial charge on any atom is 0.217 e. The topological polar surface area (TPSA) is 119 Å². The smallest absolute Gasteiger partial charge is 0.217 e. The minimum Gasteiger partial charge on any atom is -0.394 e. The minimum absolute atomic E-state index is 0.462. The van der Waals surface area contributed by atoms with Gasteiger partial charge in [0.05, 0.1) is 6.61 Å². The number of carbonyl (C=O) groups is 1. The number of aliphatic hydroxyl groups excluding tert-OH is 4. The lowest BCUT2D eigenvalue weighted by atomic mass is 9.97. The van der Waals surface area contributed by atoms with E-state index in [9.17, 15) is 20.1 Å². The molecule has 1 rings (SSSR count). The number of nitrogens with one attached hydrogen (secondary N) is 1. The Balaban J connectivity index is 2.70. The standard InChI is InChI=1S/C8H15NO6/c1-3(11)9-5-7(13)6(12)4(2-10)15-8(5)14/h4-8,10,12-14H,2H2,1H3,(H,9,11)/t4-,5+,6-,7+,8?/m1/s1. The van der Waals surface area contributed by atoms with Gasteiger partial charge in [0.15, 0.2) is 6.29 Å². The third-order valence-corrected chi connectivity index (χ3v) is 2.27. The van der Waals surface area contributed by atoms with Gasteiger partial charge in [0.25, 0.3) is 0 Å². The molecule has 1 fully saturated rings. The molecule has 0 saturated carbocycles. The van der Waals surface area contributed by atoms with Crippen molar-refractivity contribution in [2.24, 2.45) is 0 Å². The Hall–Kier alpha value is -0.730. The van der Waals surface area contributed by atoms with E-state index in [1.54, 1.807) is 0 Å². The highest BCUT2D eigenvalue weighted by Gasteiger charge is 2.43. The van der Waals surface area contributed by atoms with Crippen LogP contribution in [0.1, 0.15) is 6.92 Å². The molecule has 0 aromatic heterocycles. The largest absolute Gasteiger partial charge is 0.394 e. The number of hydrogen-bond donors (Lipinski definition) is 5. The molecule has 1 saturated heterocycles. The molecular weight excluding hydrogens is 206 g/mol. The summed E-state index contributed by atoms with van der Waals surface area (Å²) in [5.74, 6) is -0.462. The van der Waals surface area contributed by atoms with Gasteiger partial charge in [0.1, 0.15) is 24.4 Å². The van der Waals surface area contributed by atoms with Gasteiger partial charge in [0, 0.05) is 6.92 Å². The number of aliphatic hydroxyl groups is 4. The van der Waals surface area contributed by atoms with E-state index >= 15 is 0 Å². The maximum atomic E-state index is 10.7. The van der Waals surface area contributed by atoms with E-state index in [1.165, 1.54) is 6.92 Å². The number of hydrogen-bond acceptors (Lipinski definition) is 6. The third kappa shape index (κ3) is 2.64. The van der Waals surface area contributed by atoms with E-state index in [1.807, 2.05) is 0 Å². The zero-order chi connectivity index (χ0) is 11.6. The SMILES string of the molecule is CC(=O)N[C@@H]1C(O)O[C@H](CO)[C@@H](O)[C@H]1O. The van der Waals surface area contributed by atoms with Gasteiger partial charge in [-0.15, -0.1) is 0 Å². The van der Waals surface area contributed by atoms with Crippen LogP contribution in [0.3, 0.4) is 0 Å². The second-order valence-electron chi connectivity index (χ2n) is 3.46. The summed E-state index contributed by atoms with van der Waals surface area (Å²) < 4.78 is 4.81. The predicted molar refractivity (Wildman–Crippen MR) is 47.6 cm³/mol. The number of rotatable bonds is 2. The van der Waals surface area contributed by atoms with Crippen molar-refractivity contribution in [2.75, 3.05) is 6.61 Å². The summed E-state index contributed by atoms with van der Waals surface area (Å²) in [5, 5.41) is 39.4. The van der Waals surface area contributed by atoms with Gasteiger partial charge in [-0.2, -0.15) is 0 Å². The number of carbonyl (C=O) groups excluding carboxylic acids is 1. The van der Waals surface area contributed by atoms with E-state index in [4.69, 9.17) is 9.84 Å². The molecule has 0 aromatic carbocycles. The molecule has 0 bridgehead atoms. The summed E-state index contributed by atoms with van der Waals surface area (Å²) in [4.78, 5) is 10.7. The Bertz CT molecular complexity index is 235. The van der Waals surface area contributed by atoms with Gasteiger partial charge < -0.3 is 30.5 Å². The summed E-state index contributed by atoms with van der Waals surface area (Å²) in [6.45, 7) is 0.687. The monoisotopic (exact) mass is 221 g/mol. The maximum absolute atomic E-state index is 10.7. The molecular formula is C8H15NO6. The molecule has 5 atom stereocenters. The highest BCUT2D eigenvalue weighted by Crippen LogP contribution is 2.19. The van der Waals surface area contributed by atoms with Crippen LogP contribution in [0, 0.1) is 0 Å². The quantitative estimate of drug-likeness (QED) is 0.337. The summed E-state index contributed by atoms with van der Waals surface area (Å²) >= 11 is 0. The van der Waals surface area contributed by atoms with Crippen LogP contribution < -0.4 is 5.32 Å². The van der Waals surface area contributed by atoms with Crippen molar-refractivity contribution in [2.45, 2.75) is 37.6 Å². The van der Waals surface area contributed by atoms with Crippen molar-refractivity contribution in [3.05, 3.63) is 0 Å². The normalized spacial score (nSPS) is 41.3. The first-order valence-corrected chi connectivity index (χ1v) is 4.55. The fraction of sp³-hybridized carbons (Fsp3) is 0.875. The summed E-state index contributed by atoms with van der Waals surface area (Å²) in [6.07, 6.45) is -5.24. The molecule has 7 nitrogen and oxygen atoms in total. The van der Waals surface area contributed by atoms with Crippen molar-refractivity contribution in [1.82, 2.24) is 5.32 Å². The summed E-state index contributed by atoms with van der Waals surface area (Å²) in [6, 6.07) is -1.10. The van der Waals surface area contributed by atoms with Gasteiger partial charge in [-0.1, -0.05) is 0 Å². The predicted octanol–water partition coefficient (Wildman–Crippen LogP) is -3.08. The second-order valence-corrected chi connectivity index (χ2v) is 3.46. The molecule has 1 aliphatic rings. The Morgan fingerprint density at radius 3 is 2.40 bits per heavy atom. The molecule has 1 aliphatic heterocycles. The Morgan fingerprint density at radius 2 is 1.93 bits per heavy atom. The van der Waals surface area contributed by atoms with Crippen LogP contribution in [0.5, 0.6) is 0 Å². The molecule has 88 valence electrons. The van der Waals surface area contributed by atoms with Crippen molar-refractivity contribution < 1.29 is 30.0 Å². The van der Waals surface area contributed by atoms with Crippen LogP contribution in [-0.4, -0.2) is 63.6 Å². The lowest BCUT2D eigenvalue weighted by Crippen LogP contribution is -2.63. The second kappa shape index (κ2) is 4.86. The van der Waals surface area contributed by atoms with E-state index in [2.05, 4.69) is 5.32 Å². The molecule has 5 N–H and O–H groups in total. The van der Waals surface area contributed by atoms with Gasteiger partial charge >= 0.3 is 0 Å². The highest BCUT2D eigenvalue weighted by atomic mass is 16.6. The Labute approximate surface area is 86.3 Å². The van der Waals surface area contributed by atoms with Crippen molar-refractivity contribution in [3.8, 4) is 0 Å².